The van der Waals surface area contributed by atoms with Crippen LogP contribution in [-0.4, -0.2) is 49.2 Å². The molecule has 1 amide bonds. The van der Waals surface area contributed by atoms with E-state index in [1.165, 1.54) is 12.1 Å². The van der Waals surface area contributed by atoms with Crippen LogP contribution >= 0.6 is 0 Å². The summed E-state index contributed by atoms with van der Waals surface area (Å²) in [7, 11) is 0. The molecule has 0 aliphatic rings. The number of hydrogen-bond donors (Lipinski definition) is 4. The van der Waals surface area contributed by atoms with E-state index in [1.807, 2.05) is 44.2 Å². The topological polar surface area (TPSA) is 125 Å². The SMILES string of the molecule is CC(C)c1c(C(=O)NCc2ccccc2)nn(-c2ccc(F)cc2)c1CC[C@@H](O)C[C@@H](O)CC(=O)O. The van der Waals surface area contributed by atoms with Crippen LogP contribution in [0.1, 0.15) is 66.3 Å². The highest BCUT2D eigenvalue weighted by Crippen LogP contribution is 2.28. The summed E-state index contributed by atoms with van der Waals surface area (Å²) in [4.78, 5) is 24.0. The third-order valence-electron chi connectivity index (χ3n) is 5.85. The molecule has 36 heavy (non-hydrogen) atoms. The average molecular weight is 498 g/mol. The Morgan fingerprint density at radius 2 is 1.69 bits per heavy atom. The van der Waals surface area contributed by atoms with Crippen molar-refractivity contribution in [3.63, 3.8) is 0 Å². The summed E-state index contributed by atoms with van der Waals surface area (Å²) in [6.07, 6.45) is -2.12. The van der Waals surface area contributed by atoms with Crippen molar-refractivity contribution in [3.8, 4) is 5.69 Å². The van der Waals surface area contributed by atoms with Gasteiger partial charge in [0.2, 0.25) is 0 Å². The van der Waals surface area contributed by atoms with Crippen LogP contribution in [0.3, 0.4) is 0 Å². The van der Waals surface area contributed by atoms with Crippen molar-refractivity contribution in [2.24, 2.45) is 0 Å². The first-order chi connectivity index (χ1) is 17.2. The van der Waals surface area contributed by atoms with E-state index in [9.17, 15) is 24.2 Å². The molecule has 0 aliphatic heterocycles. The van der Waals surface area contributed by atoms with Crippen LogP contribution in [0.2, 0.25) is 0 Å². The van der Waals surface area contributed by atoms with E-state index < -0.39 is 30.4 Å². The molecule has 0 unspecified atom stereocenters. The van der Waals surface area contributed by atoms with Crippen LogP contribution in [0.25, 0.3) is 5.69 Å². The summed E-state index contributed by atoms with van der Waals surface area (Å²) in [6, 6.07) is 15.2. The molecule has 0 spiro atoms. The van der Waals surface area contributed by atoms with Gasteiger partial charge in [-0.05, 0) is 55.0 Å². The highest BCUT2D eigenvalue weighted by Gasteiger charge is 2.26. The fourth-order valence-electron chi connectivity index (χ4n) is 4.16. The minimum atomic E-state index is -1.16. The average Bonchev–Trinajstić information content (AvgIpc) is 3.21. The predicted octanol–water partition coefficient (Wildman–Crippen LogP) is 3.58. The maximum atomic E-state index is 13.6. The lowest BCUT2D eigenvalue weighted by atomic mass is 9.95. The normalized spacial score (nSPS) is 12.9. The number of amides is 1. The number of rotatable bonds is 12. The zero-order chi connectivity index (χ0) is 26.2. The second kappa shape index (κ2) is 12.4. The van der Waals surface area contributed by atoms with E-state index in [0.717, 1.165) is 5.56 Å². The van der Waals surface area contributed by atoms with Crippen LogP contribution < -0.4 is 5.32 Å². The molecule has 8 nitrogen and oxygen atoms in total. The molecule has 0 saturated carbocycles. The monoisotopic (exact) mass is 497 g/mol. The molecule has 1 heterocycles. The first-order valence-corrected chi connectivity index (χ1v) is 11.9. The van der Waals surface area contributed by atoms with Gasteiger partial charge >= 0.3 is 5.97 Å². The molecular formula is C27H32FN3O5. The van der Waals surface area contributed by atoms with Gasteiger partial charge in [0, 0.05) is 17.8 Å². The molecule has 3 rings (SSSR count). The molecular weight excluding hydrogens is 465 g/mol. The van der Waals surface area contributed by atoms with Crippen LogP contribution in [0.15, 0.2) is 54.6 Å². The van der Waals surface area contributed by atoms with Crippen LogP contribution in [0.4, 0.5) is 4.39 Å². The zero-order valence-corrected chi connectivity index (χ0v) is 20.4. The number of carbonyl (C=O) groups is 2. The van der Waals surface area contributed by atoms with Gasteiger partial charge in [-0.15, -0.1) is 0 Å². The summed E-state index contributed by atoms with van der Waals surface area (Å²) in [6.45, 7) is 4.21. The Morgan fingerprint density at radius 3 is 2.31 bits per heavy atom. The summed E-state index contributed by atoms with van der Waals surface area (Å²) >= 11 is 0. The standard InChI is InChI=1S/C27H32FN3O5/c1-17(2)25-23(13-12-21(32)14-22(33)15-24(34)35)31(20-10-8-19(28)9-11-20)30-26(25)27(36)29-16-18-6-4-3-5-7-18/h3-11,17,21-22,32-33H,12-16H2,1-2H3,(H,29,36)(H,34,35)/t21-,22-/m1/s1. The summed E-state index contributed by atoms with van der Waals surface area (Å²) < 4.78 is 15.2. The lowest BCUT2D eigenvalue weighted by Crippen LogP contribution is -2.24. The fraction of sp³-hybridized carbons (Fsp3) is 0.370. The van der Waals surface area contributed by atoms with E-state index in [-0.39, 0.29) is 30.4 Å². The number of carboxylic acids is 1. The Balaban J connectivity index is 1.90. The molecule has 0 saturated heterocycles. The van der Waals surface area contributed by atoms with Crippen LogP contribution in [0, 0.1) is 5.82 Å². The van der Waals surface area contributed by atoms with Crippen molar-refractivity contribution < 1.29 is 29.3 Å². The summed E-state index contributed by atoms with van der Waals surface area (Å²) in [5.74, 6) is -1.97. The number of carboxylic acid groups (broad SMARTS) is 1. The van der Waals surface area contributed by atoms with E-state index >= 15 is 0 Å². The highest BCUT2D eigenvalue weighted by molar-refractivity contribution is 5.94. The van der Waals surface area contributed by atoms with Crippen molar-refractivity contribution >= 4 is 11.9 Å². The van der Waals surface area contributed by atoms with Gasteiger partial charge in [-0.25, -0.2) is 9.07 Å². The van der Waals surface area contributed by atoms with E-state index in [1.54, 1.807) is 16.8 Å². The van der Waals surface area contributed by atoms with Crippen molar-refractivity contribution in [1.82, 2.24) is 15.1 Å². The number of hydrogen-bond acceptors (Lipinski definition) is 5. The zero-order valence-electron chi connectivity index (χ0n) is 20.4. The summed E-state index contributed by atoms with van der Waals surface area (Å²) in [5.41, 5.74) is 3.16. The van der Waals surface area contributed by atoms with Crippen molar-refractivity contribution in [2.45, 2.75) is 64.2 Å². The molecule has 0 fully saturated rings. The predicted molar refractivity (Wildman–Crippen MR) is 132 cm³/mol. The highest BCUT2D eigenvalue weighted by atomic mass is 19.1. The van der Waals surface area contributed by atoms with Gasteiger partial charge in [0.1, 0.15) is 5.82 Å². The maximum absolute atomic E-state index is 13.6. The molecule has 0 aliphatic carbocycles. The minimum absolute atomic E-state index is 0.0820. The number of aromatic nitrogens is 2. The van der Waals surface area contributed by atoms with Gasteiger partial charge in [-0.3, -0.25) is 9.59 Å². The van der Waals surface area contributed by atoms with Crippen molar-refractivity contribution in [1.29, 1.82) is 0 Å². The lowest BCUT2D eigenvalue weighted by Gasteiger charge is -2.16. The third kappa shape index (κ3) is 7.22. The number of aliphatic hydroxyl groups is 2. The number of aliphatic carboxylic acids is 1. The van der Waals surface area contributed by atoms with E-state index in [4.69, 9.17) is 5.11 Å². The van der Waals surface area contributed by atoms with Gasteiger partial charge in [0.05, 0.1) is 24.3 Å². The molecule has 0 bridgehead atoms. The van der Waals surface area contributed by atoms with Gasteiger partial charge in [0.25, 0.3) is 5.91 Å². The Hall–Kier alpha value is -3.56. The quantitative estimate of drug-likeness (QED) is 0.303. The Kier molecular flexibility index (Phi) is 9.32. The fourth-order valence-corrected chi connectivity index (χ4v) is 4.16. The lowest BCUT2D eigenvalue weighted by molar-refractivity contribution is -0.139. The Morgan fingerprint density at radius 1 is 1.03 bits per heavy atom. The largest absolute Gasteiger partial charge is 0.481 e. The van der Waals surface area contributed by atoms with Crippen molar-refractivity contribution in [2.75, 3.05) is 0 Å². The second-order valence-corrected chi connectivity index (χ2v) is 9.10. The molecule has 2 aromatic carbocycles. The first kappa shape index (κ1) is 27.0. The number of nitrogens with zero attached hydrogens (tertiary/aromatic N) is 2. The second-order valence-electron chi connectivity index (χ2n) is 9.10. The molecule has 192 valence electrons. The molecule has 1 aromatic heterocycles. The van der Waals surface area contributed by atoms with Gasteiger partial charge < -0.3 is 20.6 Å². The number of carbonyl (C=O) groups excluding carboxylic acids is 1. The molecule has 2 atom stereocenters. The van der Waals surface area contributed by atoms with Crippen LogP contribution in [-0.2, 0) is 17.8 Å². The van der Waals surface area contributed by atoms with E-state index in [0.29, 0.717) is 29.9 Å². The van der Waals surface area contributed by atoms with Gasteiger partial charge in [0.15, 0.2) is 5.69 Å². The first-order valence-electron chi connectivity index (χ1n) is 11.9. The Labute approximate surface area is 209 Å². The summed E-state index contributed by atoms with van der Waals surface area (Å²) in [5, 5.41) is 36.6. The van der Waals surface area contributed by atoms with Crippen molar-refractivity contribution in [3.05, 3.63) is 82.9 Å². The maximum Gasteiger partial charge on any atom is 0.305 e. The minimum Gasteiger partial charge on any atom is -0.481 e. The van der Waals surface area contributed by atoms with Gasteiger partial charge in [-0.2, -0.15) is 5.10 Å². The number of aliphatic hydroxyl groups excluding tert-OH is 2. The molecule has 4 N–H and O–H groups in total. The number of nitrogens with one attached hydrogen (secondary N) is 1. The number of benzene rings is 2. The molecule has 3 aromatic rings. The Bertz CT molecular complexity index is 1160. The third-order valence-corrected chi connectivity index (χ3v) is 5.85. The molecule has 9 heteroatoms. The van der Waals surface area contributed by atoms with Gasteiger partial charge in [-0.1, -0.05) is 44.2 Å². The smallest absolute Gasteiger partial charge is 0.305 e. The van der Waals surface area contributed by atoms with E-state index in [2.05, 4.69) is 10.4 Å². The number of halogens is 1. The molecule has 0 radical (unpaired) electrons. The van der Waals surface area contributed by atoms with Crippen LogP contribution in [0.5, 0.6) is 0 Å².